The minimum Gasteiger partial charge on any atom is -0.304 e. The summed E-state index contributed by atoms with van der Waals surface area (Å²) in [5.41, 5.74) is 5.34. The zero-order valence-corrected chi connectivity index (χ0v) is 17.4. The molecule has 22 heavy (non-hydrogen) atoms. The molecular weight excluding hydrogens is 514 g/mol. The molecule has 0 N–H and O–H groups in total. The first-order chi connectivity index (χ1) is 9.79. The van der Waals surface area contributed by atoms with E-state index >= 15 is 0 Å². The molecule has 3 rings (SSSR count). The van der Waals surface area contributed by atoms with E-state index in [2.05, 4.69) is 68.0 Å². The van der Waals surface area contributed by atoms with Crippen molar-refractivity contribution in [1.29, 1.82) is 0 Å². The Morgan fingerprint density at radius 1 is 1.05 bits per heavy atom. The summed E-state index contributed by atoms with van der Waals surface area (Å²) in [5.74, 6) is 0. The van der Waals surface area contributed by atoms with Crippen LogP contribution < -0.4 is 0 Å². The Kier molecular flexibility index (Phi) is 5.02. The third-order valence-corrected chi connectivity index (χ3v) is 5.27. The smallest absolute Gasteiger partial charge is 0.0201 e. The van der Waals surface area contributed by atoms with Crippen LogP contribution in [0.5, 0.6) is 0 Å². The third-order valence-electron chi connectivity index (χ3n) is 4.78. The number of rotatable bonds is 1. The Morgan fingerprint density at radius 2 is 1.68 bits per heavy atom. The van der Waals surface area contributed by atoms with Gasteiger partial charge in [0, 0.05) is 26.3 Å². The van der Waals surface area contributed by atoms with Crippen LogP contribution in [0.4, 0.5) is 0 Å². The second kappa shape index (κ2) is 6.18. The Hall–Kier alpha value is -0.501. The number of nitrogens with zero attached hydrogens (tertiary/aromatic N) is 1. The summed E-state index contributed by atoms with van der Waals surface area (Å²) in [6.07, 6.45) is 4.52. The van der Waals surface area contributed by atoms with E-state index in [0.29, 0.717) is 0 Å². The van der Waals surface area contributed by atoms with E-state index in [1.165, 1.54) is 24.0 Å². The second-order valence-electron chi connectivity index (χ2n) is 7.30. The van der Waals surface area contributed by atoms with Gasteiger partial charge in [-0.1, -0.05) is 54.2 Å². The van der Waals surface area contributed by atoms with Gasteiger partial charge in [-0.15, -0.1) is 29.8 Å². The molecule has 1 aromatic carbocycles. The molecule has 0 saturated carbocycles. The zero-order chi connectivity index (χ0) is 15.3. The molecular formula is C19H21BrIrN-. The summed E-state index contributed by atoms with van der Waals surface area (Å²) in [7, 11) is 0. The molecule has 0 saturated heterocycles. The molecule has 2 aromatic rings. The van der Waals surface area contributed by atoms with Gasteiger partial charge in [0.25, 0.3) is 0 Å². The normalized spacial score (nSPS) is 18.2. The molecule has 1 aromatic heterocycles. The molecule has 1 radical (unpaired) electrons. The standard InChI is InChI=1S/C19H21BrN.Ir/c1-18(2)8-9-19(3,4)16-12-21-17(11-15(16)18)13-6-5-7-14(20)10-13;/h5,7,10-12H,8-9H2,1-4H3;/q-1;. The average molecular weight is 536 g/mol. The monoisotopic (exact) mass is 535 g/mol. The van der Waals surface area contributed by atoms with E-state index in [-0.39, 0.29) is 30.9 Å². The van der Waals surface area contributed by atoms with Crippen LogP contribution in [0.1, 0.15) is 51.7 Å². The van der Waals surface area contributed by atoms with E-state index in [1.54, 1.807) is 0 Å². The number of benzene rings is 1. The summed E-state index contributed by atoms with van der Waals surface area (Å²) in [5, 5.41) is 0. The Labute approximate surface area is 155 Å². The van der Waals surface area contributed by atoms with Crippen LogP contribution in [0.15, 0.2) is 34.9 Å². The summed E-state index contributed by atoms with van der Waals surface area (Å²) < 4.78 is 1.07. The molecule has 1 nitrogen and oxygen atoms in total. The first-order valence-electron chi connectivity index (χ1n) is 7.48. The van der Waals surface area contributed by atoms with Crippen molar-refractivity contribution in [3.63, 3.8) is 0 Å². The SMILES string of the molecule is CC1(C)CCC(C)(C)c2cc(-c3[c-]ccc(Br)c3)ncc21.[Ir]. The molecule has 0 bridgehead atoms. The maximum atomic E-state index is 4.71. The summed E-state index contributed by atoms with van der Waals surface area (Å²) >= 11 is 3.53. The number of hydrogen-bond acceptors (Lipinski definition) is 1. The van der Waals surface area contributed by atoms with Crippen molar-refractivity contribution < 1.29 is 20.1 Å². The van der Waals surface area contributed by atoms with Crippen LogP contribution in [0, 0.1) is 6.07 Å². The van der Waals surface area contributed by atoms with E-state index in [9.17, 15) is 0 Å². The van der Waals surface area contributed by atoms with Gasteiger partial charge in [-0.25, -0.2) is 0 Å². The minimum atomic E-state index is 0. The van der Waals surface area contributed by atoms with Gasteiger partial charge in [-0.05, 0) is 40.5 Å². The van der Waals surface area contributed by atoms with Crippen molar-refractivity contribution in [2.24, 2.45) is 0 Å². The molecule has 0 unspecified atom stereocenters. The van der Waals surface area contributed by atoms with Crippen molar-refractivity contribution >= 4 is 15.9 Å². The van der Waals surface area contributed by atoms with Crippen molar-refractivity contribution in [3.05, 3.63) is 52.1 Å². The number of fused-ring (bicyclic) bond motifs is 1. The number of halogens is 1. The molecule has 1 aliphatic carbocycles. The van der Waals surface area contributed by atoms with Crippen LogP contribution in [-0.2, 0) is 30.9 Å². The Bertz CT molecular complexity index is 692. The van der Waals surface area contributed by atoms with Crippen molar-refractivity contribution in [3.8, 4) is 11.3 Å². The summed E-state index contributed by atoms with van der Waals surface area (Å²) in [4.78, 5) is 4.71. The first-order valence-corrected chi connectivity index (χ1v) is 8.27. The van der Waals surface area contributed by atoms with E-state index < -0.39 is 0 Å². The molecule has 1 heterocycles. The Morgan fingerprint density at radius 3 is 2.32 bits per heavy atom. The Balaban J connectivity index is 0.00000176. The number of hydrogen-bond donors (Lipinski definition) is 0. The minimum absolute atomic E-state index is 0. The quantitative estimate of drug-likeness (QED) is 0.430. The zero-order valence-electron chi connectivity index (χ0n) is 13.5. The molecule has 0 spiro atoms. The largest absolute Gasteiger partial charge is 0.304 e. The van der Waals surface area contributed by atoms with Gasteiger partial charge < -0.3 is 4.98 Å². The first kappa shape index (κ1) is 17.8. The molecule has 3 heteroatoms. The maximum Gasteiger partial charge on any atom is 0.0201 e. The molecule has 0 amide bonds. The topological polar surface area (TPSA) is 12.9 Å². The maximum absolute atomic E-state index is 4.71. The van der Waals surface area contributed by atoms with Crippen LogP contribution >= 0.6 is 15.9 Å². The predicted molar refractivity (Wildman–Crippen MR) is 91.5 cm³/mol. The van der Waals surface area contributed by atoms with E-state index in [4.69, 9.17) is 4.98 Å². The van der Waals surface area contributed by atoms with Crippen molar-refractivity contribution in [2.75, 3.05) is 0 Å². The molecule has 0 fully saturated rings. The molecule has 1 aliphatic rings. The van der Waals surface area contributed by atoms with Crippen molar-refractivity contribution in [1.82, 2.24) is 4.98 Å². The van der Waals surface area contributed by atoms with Gasteiger partial charge in [0.2, 0.25) is 0 Å². The van der Waals surface area contributed by atoms with Crippen LogP contribution in [0.25, 0.3) is 11.3 Å². The molecule has 119 valence electrons. The fraction of sp³-hybridized carbons (Fsp3) is 0.421. The second-order valence-corrected chi connectivity index (χ2v) is 8.22. The summed E-state index contributed by atoms with van der Waals surface area (Å²) in [6, 6.07) is 11.6. The fourth-order valence-corrected chi connectivity index (χ4v) is 3.54. The average Bonchev–Trinajstić information content (AvgIpc) is 2.44. The third kappa shape index (κ3) is 3.22. The van der Waals surface area contributed by atoms with Crippen LogP contribution in [-0.4, -0.2) is 4.98 Å². The molecule has 0 aliphatic heterocycles. The van der Waals surface area contributed by atoms with E-state index in [0.717, 1.165) is 15.7 Å². The van der Waals surface area contributed by atoms with Crippen molar-refractivity contribution in [2.45, 2.75) is 51.4 Å². The number of aromatic nitrogens is 1. The number of pyridine rings is 1. The predicted octanol–water partition coefficient (Wildman–Crippen LogP) is 5.66. The van der Waals surface area contributed by atoms with E-state index in [1.807, 2.05) is 12.1 Å². The van der Waals surface area contributed by atoms with Crippen LogP contribution in [0.3, 0.4) is 0 Å². The van der Waals surface area contributed by atoms with Gasteiger partial charge in [-0.2, -0.15) is 0 Å². The van der Waals surface area contributed by atoms with Gasteiger partial charge in [-0.3, -0.25) is 0 Å². The fourth-order valence-electron chi connectivity index (χ4n) is 3.18. The summed E-state index contributed by atoms with van der Waals surface area (Å²) in [6.45, 7) is 9.34. The van der Waals surface area contributed by atoms with Crippen LogP contribution in [0.2, 0.25) is 0 Å². The van der Waals surface area contributed by atoms with Gasteiger partial charge in [0.15, 0.2) is 0 Å². The van der Waals surface area contributed by atoms with Gasteiger partial charge >= 0.3 is 0 Å². The van der Waals surface area contributed by atoms with Gasteiger partial charge in [0.05, 0.1) is 0 Å². The van der Waals surface area contributed by atoms with Gasteiger partial charge in [0.1, 0.15) is 0 Å². The molecule has 0 atom stereocenters.